The van der Waals surface area contributed by atoms with Gasteiger partial charge in [-0.05, 0) is 56.8 Å². The first-order chi connectivity index (χ1) is 18.1. The van der Waals surface area contributed by atoms with Crippen LogP contribution >= 0.6 is 0 Å². The molecule has 5 rings (SSSR count). The van der Waals surface area contributed by atoms with E-state index in [-0.39, 0.29) is 28.7 Å². The van der Waals surface area contributed by atoms with E-state index < -0.39 is 9.84 Å². The van der Waals surface area contributed by atoms with E-state index in [1.165, 1.54) is 13.2 Å². The van der Waals surface area contributed by atoms with Crippen molar-refractivity contribution in [3.8, 4) is 0 Å². The van der Waals surface area contributed by atoms with Crippen LogP contribution in [-0.2, 0) is 9.84 Å². The molecule has 0 bridgehead atoms. The fourth-order valence-corrected chi connectivity index (χ4v) is 6.31. The molecular weight excluding hydrogens is 504 g/mol. The average Bonchev–Trinajstić information content (AvgIpc) is 3.35. The van der Waals surface area contributed by atoms with Crippen LogP contribution in [0.5, 0.6) is 0 Å². The van der Waals surface area contributed by atoms with Gasteiger partial charge in [0.05, 0.1) is 11.3 Å². The van der Waals surface area contributed by atoms with Gasteiger partial charge in [0.1, 0.15) is 21.3 Å². The molecule has 38 heavy (non-hydrogen) atoms. The molecule has 0 aromatic carbocycles. The summed E-state index contributed by atoms with van der Waals surface area (Å²) in [6, 6.07) is 3.95. The number of nitrogens with one attached hydrogen (secondary N) is 1. The van der Waals surface area contributed by atoms with Gasteiger partial charge < -0.3 is 10.2 Å². The van der Waals surface area contributed by atoms with Crippen LogP contribution in [0.25, 0.3) is 11.0 Å². The van der Waals surface area contributed by atoms with Crippen molar-refractivity contribution in [2.45, 2.75) is 57.9 Å². The lowest BCUT2D eigenvalue weighted by molar-refractivity contribution is 0.101. The molecule has 1 N–H and O–H groups in total. The van der Waals surface area contributed by atoms with Gasteiger partial charge in [-0.15, -0.1) is 0 Å². The highest BCUT2D eigenvalue weighted by molar-refractivity contribution is 7.90. The van der Waals surface area contributed by atoms with E-state index in [9.17, 15) is 18.0 Å². The highest BCUT2D eigenvalue weighted by Gasteiger charge is 2.28. The summed E-state index contributed by atoms with van der Waals surface area (Å²) in [5.41, 5.74) is 2.25. The number of pyridine rings is 2. The van der Waals surface area contributed by atoms with Gasteiger partial charge in [-0.25, -0.2) is 18.4 Å². The van der Waals surface area contributed by atoms with Gasteiger partial charge in [0.2, 0.25) is 5.95 Å². The standard InChI is InChI=1S/C27H34N6O4S/c1-17-22-14-29-27(31-25(22)33(21-7-4-5-8-21)26(35)24(17)18(2)34)30-23-10-9-19(13-28-23)20-15-32(16-20)11-6-12-38(3,36)37/h9-10,13-14,20-21H,4-8,11-12,15-16H2,1-3H3,(H,28,29,30,31). The van der Waals surface area contributed by atoms with Crippen LogP contribution in [0.3, 0.4) is 0 Å². The Hall–Kier alpha value is -3.18. The number of ketones is 1. The summed E-state index contributed by atoms with van der Waals surface area (Å²) in [6.07, 6.45) is 9.33. The smallest absolute Gasteiger partial charge is 0.263 e. The van der Waals surface area contributed by atoms with Gasteiger partial charge in [-0.2, -0.15) is 4.98 Å². The fraction of sp³-hybridized carbons (Fsp3) is 0.519. The van der Waals surface area contributed by atoms with Crippen LogP contribution in [-0.4, -0.2) is 70.3 Å². The molecule has 1 aliphatic heterocycles. The summed E-state index contributed by atoms with van der Waals surface area (Å²) in [5.74, 6) is 1.31. The Bertz CT molecular complexity index is 1520. The first-order valence-corrected chi connectivity index (χ1v) is 15.2. The largest absolute Gasteiger partial charge is 0.309 e. The third-order valence-corrected chi connectivity index (χ3v) is 8.72. The molecule has 4 heterocycles. The molecule has 3 aromatic rings. The first-order valence-electron chi connectivity index (χ1n) is 13.2. The highest BCUT2D eigenvalue weighted by atomic mass is 32.2. The Morgan fingerprint density at radius 2 is 1.87 bits per heavy atom. The maximum Gasteiger partial charge on any atom is 0.263 e. The van der Waals surface area contributed by atoms with Crippen molar-refractivity contribution in [2.75, 3.05) is 37.0 Å². The van der Waals surface area contributed by atoms with Crippen LogP contribution < -0.4 is 10.9 Å². The third-order valence-electron chi connectivity index (χ3n) is 7.69. The second-order valence-electron chi connectivity index (χ2n) is 10.6. The van der Waals surface area contributed by atoms with Crippen molar-refractivity contribution >= 4 is 38.4 Å². The van der Waals surface area contributed by atoms with Gasteiger partial charge in [-0.1, -0.05) is 18.9 Å². The zero-order valence-corrected chi connectivity index (χ0v) is 22.9. The topological polar surface area (TPSA) is 127 Å². The second kappa shape index (κ2) is 10.5. The summed E-state index contributed by atoms with van der Waals surface area (Å²) >= 11 is 0. The summed E-state index contributed by atoms with van der Waals surface area (Å²) in [7, 11) is -2.91. The van der Waals surface area contributed by atoms with E-state index >= 15 is 0 Å². The summed E-state index contributed by atoms with van der Waals surface area (Å²) in [5, 5.41) is 3.87. The Morgan fingerprint density at radius 1 is 1.13 bits per heavy atom. The Kier molecular flexibility index (Phi) is 7.32. The molecular formula is C27H34N6O4S. The Morgan fingerprint density at radius 3 is 2.50 bits per heavy atom. The molecule has 0 spiro atoms. The van der Waals surface area contributed by atoms with Crippen LogP contribution in [0, 0.1) is 6.92 Å². The van der Waals surface area contributed by atoms with Gasteiger partial charge >= 0.3 is 0 Å². The zero-order valence-electron chi connectivity index (χ0n) is 22.1. The number of aromatic nitrogens is 4. The zero-order chi connectivity index (χ0) is 27.0. The van der Waals surface area contributed by atoms with Crippen molar-refractivity contribution in [3.63, 3.8) is 0 Å². The molecule has 2 aliphatic rings. The lowest BCUT2D eigenvalue weighted by Gasteiger charge is -2.39. The molecule has 1 aliphatic carbocycles. The minimum absolute atomic E-state index is 0.0253. The van der Waals surface area contributed by atoms with Crippen LogP contribution in [0.1, 0.15) is 72.5 Å². The average molecular weight is 539 g/mol. The number of fused-ring (bicyclic) bond motifs is 1. The summed E-state index contributed by atoms with van der Waals surface area (Å²) in [4.78, 5) is 41.7. The maximum atomic E-state index is 13.4. The molecule has 1 saturated carbocycles. The number of hydrogen-bond donors (Lipinski definition) is 1. The fourth-order valence-electron chi connectivity index (χ4n) is 5.66. The van der Waals surface area contributed by atoms with Crippen molar-refractivity contribution in [1.29, 1.82) is 0 Å². The molecule has 10 nitrogen and oxygen atoms in total. The quantitative estimate of drug-likeness (QED) is 0.408. The van der Waals surface area contributed by atoms with E-state index in [0.717, 1.165) is 50.9 Å². The highest BCUT2D eigenvalue weighted by Crippen LogP contribution is 2.32. The Labute approximate surface area is 222 Å². The SMILES string of the molecule is CC(=O)c1c(C)c2cnc(Nc3ccc(C4CN(CCCS(C)(=O)=O)C4)cn3)nc2n(C2CCCC2)c1=O. The maximum absolute atomic E-state index is 13.4. The number of carbonyl (C=O) groups is 1. The van der Waals surface area contributed by atoms with Crippen molar-refractivity contribution in [2.24, 2.45) is 0 Å². The molecule has 3 aromatic heterocycles. The summed E-state index contributed by atoms with van der Waals surface area (Å²) < 4.78 is 24.3. The van der Waals surface area contributed by atoms with Gasteiger partial charge in [-0.3, -0.25) is 14.2 Å². The minimum Gasteiger partial charge on any atom is -0.309 e. The van der Waals surface area contributed by atoms with E-state index in [4.69, 9.17) is 4.98 Å². The third kappa shape index (κ3) is 5.49. The molecule has 0 radical (unpaired) electrons. The van der Waals surface area contributed by atoms with Crippen LogP contribution in [0.2, 0.25) is 0 Å². The molecule has 0 atom stereocenters. The number of carbonyl (C=O) groups excluding carboxylic acids is 1. The van der Waals surface area contributed by atoms with Crippen molar-refractivity contribution in [3.05, 3.63) is 51.6 Å². The normalized spacial score (nSPS) is 17.1. The number of Topliss-reactive ketones (excluding diaryl/α,β-unsaturated/α-hetero) is 1. The second-order valence-corrected chi connectivity index (χ2v) is 12.9. The molecule has 0 unspecified atom stereocenters. The number of anilines is 2. The number of nitrogens with zero attached hydrogens (tertiary/aromatic N) is 5. The number of likely N-dealkylation sites (tertiary alicyclic amines) is 1. The molecule has 11 heteroatoms. The van der Waals surface area contributed by atoms with Crippen molar-refractivity contribution in [1.82, 2.24) is 24.4 Å². The van der Waals surface area contributed by atoms with Gasteiger partial charge in [0.15, 0.2) is 5.78 Å². The molecule has 0 amide bonds. The summed E-state index contributed by atoms with van der Waals surface area (Å²) in [6.45, 7) is 5.79. The number of rotatable bonds is 9. The number of aryl methyl sites for hydroxylation is 1. The lowest BCUT2D eigenvalue weighted by Crippen LogP contribution is -2.45. The minimum atomic E-state index is -2.91. The van der Waals surface area contributed by atoms with Crippen LogP contribution in [0.4, 0.5) is 11.8 Å². The molecule has 2 fully saturated rings. The lowest BCUT2D eigenvalue weighted by atomic mass is 9.92. The van der Waals surface area contributed by atoms with Crippen LogP contribution in [0.15, 0.2) is 29.3 Å². The van der Waals surface area contributed by atoms with E-state index in [1.54, 1.807) is 17.7 Å². The van der Waals surface area contributed by atoms with Crippen molar-refractivity contribution < 1.29 is 13.2 Å². The number of hydrogen-bond acceptors (Lipinski definition) is 9. The van der Waals surface area contributed by atoms with Gasteiger partial charge in [0.25, 0.3) is 5.56 Å². The molecule has 1 saturated heterocycles. The Balaban J connectivity index is 1.32. The van der Waals surface area contributed by atoms with E-state index in [0.29, 0.717) is 40.7 Å². The first kappa shape index (κ1) is 26.4. The van der Waals surface area contributed by atoms with Gasteiger partial charge in [0, 0.05) is 49.1 Å². The number of sulfone groups is 1. The monoisotopic (exact) mass is 538 g/mol. The van der Waals surface area contributed by atoms with E-state index in [2.05, 4.69) is 20.2 Å². The molecule has 202 valence electrons. The predicted octanol–water partition coefficient (Wildman–Crippen LogP) is 3.39. The van der Waals surface area contributed by atoms with E-state index in [1.807, 2.05) is 18.3 Å². The predicted molar refractivity (Wildman–Crippen MR) is 147 cm³/mol.